The van der Waals surface area contributed by atoms with Gasteiger partial charge in [0.25, 0.3) is 0 Å². The molecule has 1 fully saturated rings. The summed E-state index contributed by atoms with van der Waals surface area (Å²) in [5.41, 5.74) is -0.193. The van der Waals surface area contributed by atoms with E-state index in [2.05, 4.69) is 36.0 Å². The summed E-state index contributed by atoms with van der Waals surface area (Å²) >= 11 is 0. The number of hydrogen-bond acceptors (Lipinski definition) is 7. The van der Waals surface area contributed by atoms with Crippen molar-refractivity contribution < 1.29 is 26.9 Å². The third kappa shape index (κ3) is 4.56. The van der Waals surface area contributed by atoms with E-state index in [1.165, 1.54) is 24.5 Å². The molecule has 3 heterocycles. The lowest BCUT2D eigenvalue weighted by molar-refractivity contribution is -0.165. The highest BCUT2D eigenvalue weighted by molar-refractivity contribution is 5.91. The fraction of sp³-hybridized carbons (Fsp3) is 0.227. The molecular formula is C22H17F4N7O2. The summed E-state index contributed by atoms with van der Waals surface area (Å²) in [4.78, 5) is 20.7. The lowest BCUT2D eigenvalue weighted by Crippen LogP contribution is -2.28. The average molecular weight is 487 g/mol. The van der Waals surface area contributed by atoms with Crippen molar-refractivity contribution >= 4 is 23.4 Å². The Labute approximate surface area is 195 Å². The molecule has 0 unspecified atom stereocenters. The van der Waals surface area contributed by atoms with Crippen molar-refractivity contribution in [1.82, 2.24) is 25.3 Å². The number of nitrogens with one attached hydrogen (secondary N) is 3. The zero-order valence-electron chi connectivity index (χ0n) is 17.9. The zero-order chi connectivity index (χ0) is 24.6. The highest BCUT2D eigenvalue weighted by atomic mass is 19.4. The number of aromatic nitrogens is 5. The van der Waals surface area contributed by atoms with Gasteiger partial charge >= 0.3 is 6.18 Å². The van der Waals surface area contributed by atoms with Gasteiger partial charge in [0.05, 0.1) is 18.3 Å². The average Bonchev–Trinajstić information content (AvgIpc) is 3.25. The second-order valence-corrected chi connectivity index (χ2v) is 8.09. The van der Waals surface area contributed by atoms with Crippen LogP contribution in [-0.2, 0) is 16.6 Å². The second kappa shape index (κ2) is 8.49. The molecule has 1 aliphatic rings. The molecule has 0 aliphatic heterocycles. The highest BCUT2D eigenvalue weighted by Gasteiger charge is 2.66. The number of benzene rings is 1. The van der Waals surface area contributed by atoms with Gasteiger partial charge in [0.1, 0.15) is 11.2 Å². The Morgan fingerprint density at radius 1 is 1.11 bits per heavy atom. The van der Waals surface area contributed by atoms with Crippen LogP contribution in [0.2, 0.25) is 0 Å². The Kier molecular flexibility index (Phi) is 5.46. The van der Waals surface area contributed by atoms with E-state index in [1.54, 1.807) is 18.5 Å². The van der Waals surface area contributed by atoms with Gasteiger partial charge in [-0.05, 0) is 30.0 Å². The van der Waals surface area contributed by atoms with Gasteiger partial charge in [-0.2, -0.15) is 18.3 Å². The largest absolute Gasteiger partial charge is 0.401 e. The minimum atomic E-state index is -4.46. The molecule has 1 aromatic carbocycles. The van der Waals surface area contributed by atoms with Gasteiger partial charge in [-0.15, -0.1) is 0 Å². The maximum atomic E-state index is 14.7. The van der Waals surface area contributed by atoms with Crippen molar-refractivity contribution in [2.75, 3.05) is 10.6 Å². The Morgan fingerprint density at radius 2 is 1.89 bits per heavy atom. The zero-order valence-corrected chi connectivity index (χ0v) is 17.9. The number of carbonyl (C=O) groups is 1. The fourth-order valence-corrected chi connectivity index (χ4v) is 3.57. The predicted molar refractivity (Wildman–Crippen MR) is 115 cm³/mol. The van der Waals surface area contributed by atoms with Gasteiger partial charge in [-0.25, -0.2) is 14.4 Å². The number of halogens is 4. The Morgan fingerprint density at radius 3 is 2.51 bits per heavy atom. The maximum absolute atomic E-state index is 14.7. The summed E-state index contributed by atoms with van der Waals surface area (Å²) < 4.78 is 59.1. The number of carbonyl (C=O) groups excluding carboxylic acids is 1. The van der Waals surface area contributed by atoms with Crippen LogP contribution in [0, 0.1) is 5.82 Å². The number of H-pyrrole nitrogens is 1. The molecule has 0 spiro atoms. The molecular weight excluding hydrogens is 470 g/mol. The van der Waals surface area contributed by atoms with Crippen molar-refractivity contribution in [3.8, 4) is 11.1 Å². The lowest BCUT2D eigenvalue weighted by atomic mass is 10.0. The summed E-state index contributed by atoms with van der Waals surface area (Å²) in [5, 5.41) is 15.2. The first kappa shape index (κ1) is 22.5. The number of alkyl halides is 3. The molecule has 3 aromatic heterocycles. The number of nitrogens with zero attached hydrogens (tertiary/aromatic N) is 4. The first-order chi connectivity index (χ1) is 16.7. The molecule has 1 aliphatic carbocycles. The van der Waals surface area contributed by atoms with Crippen LogP contribution in [0.25, 0.3) is 11.1 Å². The Hall–Kier alpha value is -4.29. The van der Waals surface area contributed by atoms with E-state index in [-0.39, 0.29) is 36.4 Å². The topological polar surface area (TPSA) is 122 Å². The SMILES string of the molecule is O=C(Cc1ccc(-c2cnc(Nc3cn[nH]c3)nc2)cc1F)Nc1cc(C2(C(F)(F)F)CC2)on1. The lowest BCUT2D eigenvalue weighted by Gasteiger charge is -2.14. The smallest absolute Gasteiger partial charge is 0.358 e. The number of anilines is 3. The van der Waals surface area contributed by atoms with Gasteiger partial charge in [0.15, 0.2) is 11.6 Å². The van der Waals surface area contributed by atoms with Gasteiger partial charge in [0, 0.05) is 30.2 Å². The molecule has 4 aromatic rings. The molecule has 35 heavy (non-hydrogen) atoms. The van der Waals surface area contributed by atoms with Gasteiger partial charge in [-0.1, -0.05) is 17.3 Å². The van der Waals surface area contributed by atoms with Crippen LogP contribution >= 0.6 is 0 Å². The van der Waals surface area contributed by atoms with E-state index in [1.807, 2.05) is 0 Å². The maximum Gasteiger partial charge on any atom is 0.401 e. The van der Waals surface area contributed by atoms with Crippen molar-refractivity contribution in [1.29, 1.82) is 0 Å². The van der Waals surface area contributed by atoms with E-state index >= 15 is 0 Å². The van der Waals surface area contributed by atoms with Crippen molar-refractivity contribution in [2.45, 2.75) is 30.9 Å². The third-order valence-corrected chi connectivity index (χ3v) is 5.69. The summed E-state index contributed by atoms with van der Waals surface area (Å²) in [5.74, 6) is -1.44. The molecule has 3 N–H and O–H groups in total. The van der Waals surface area contributed by atoms with Crippen LogP contribution in [0.4, 0.5) is 35.0 Å². The molecule has 1 saturated carbocycles. The summed E-state index contributed by atoms with van der Waals surface area (Å²) in [6.45, 7) is 0. The highest BCUT2D eigenvalue weighted by Crippen LogP contribution is 2.59. The van der Waals surface area contributed by atoms with E-state index in [0.29, 0.717) is 22.8 Å². The number of rotatable bonds is 7. The van der Waals surface area contributed by atoms with Gasteiger partial charge in [0.2, 0.25) is 11.9 Å². The molecule has 0 atom stereocenters. The second-order valence-electron chi connectivity index (χ2n) is 8.09. The minimum absolute atomic E-state index is 0.0920. The molecule has 0 saturated heterocycles. The summed E-state index contributed by atoms with van der Waals surface area (Å²) in [6, 6.07) is 5.36. The van der Waals surface area contributed by atoms with Crippen LogP contribution in [0.15, 0.2) is 53.6 Å². The minimum Gasteiger partial charge on any atom is -0.358 e. The first-order valence-corrected chi connectivity index (χ1v) is 10.4. The van der Waals surface area contributed by atoms with Crippen LogP contribution in [-0.4, -0.2) is 37.4 Å². The van der Waals surface area contributed by atoms with Crippen molar-refractivity contribution in [2.24, 2.45) is 0 Å². The van der Waals surface area contributed by atoms with Gasteiger partial charge < -0.3 is 15.2 Å². The van der Waals surface area contributed by atoms with Crippen LogP contribution in [0.5, 0.6) is 0 Å². The Balaban J connectivity index is 1.22. The number of amides is 1. The summed E-state index contributed by atoms with van der Waals surface area (Å²) in [7, 11) is 0. The molecule has 13 heteroatoms. The first-order valence-electron chi connectivity index (χ1n) is 10.4. The third-order valence-electron chi connectivity index (χ3n) is 5.69. The van der Waals surface area contributed by atoms with E-state index in [0.717, 1.165) is 6.07 Å². The monoisotopic (exact) mass is 487 g/mol. The Bertz CT molecular complexity index is 1350. The predicted octanol–water partition coefficient (Wildman–Crippen LogP) is 4.51. The quantitative estimate of drug-likeness (QED) is 0.328. The van der Waals surface area contributed by atoms with Crippen LogP contribution < -0.4 is 10.6 Å². The molecule has 0 bridgehead atoms. The molecule has 180 valence electrons. The van der Waals surface area contributed by atoms with Crippen molar-refractivity contribution in [3.05, 3.63) is 66.2 Å². The molecule has 1 amide bonds. The molecule has 9 nitrogen and oxygen atoms in total. The molecule has 0 radical (unpaired) electrons. The molecule has 5 rings (SSSR count). The normalized spacial score (nSPS) is 14.5. The number of aromatic amines is 1. The van der Waals surface area contributed by atoms with E-state index < -0.39 is 23.3 Å². The van der Waals surface area contributed by atoms with Crippen LogP contribution in [0.3, 0.4) is 0 Å². The van der Waals surface area contributed by atoms with E-state index in [4.69, 9.17) is 4.52 Å². The van der Waals surface area contributed by atoms with Crippen LogP contribution in [0.1, 0.15) is 24.2 Å². The fourth-order valence-electron chi connectivity index (χ4n) is 3.57. The summed E-state index contributed by atoms with van der Waals surface area (Å²) in [6.07, 6.45) is 1.25. The standard InChI is InChI=1S/C22H17F4N7O2/c23-16-5-12(14-8-27-20(28-9-14)31-15-10-29-30-11-15)1-2-13(16)6-19(34)32-18-7-17(35-33-18)21(3-4-21)22(24,25)26/h1-2,5,7-11H,3-4,6H2,(H,29,30)(H,27,28,31)(H,32,33,34). The van der Waals surface area contributed by atoms with Crippen molar-refractivity contribution in [3.63, 3.8) is 0 Å². The van der Waals surface area contributed by atoms with E-state index in [9.17, 15) is 22.4 Å². The van der Waals surface area contributed by atoms with Gasteiger partial charge in [-0.3, -0.25) is 9.89 Å². The number of hydrogen-bond donors (Lipinski definition) is 3.